The lowest BCUT2D eigenvalue weighted by atomic mass is 9.95. The molecule has 0 amide bonds. The molecule has 8 heteroatoms. The van der Waals surface area contributed by atoms with Crippen LogP contribution in [-0.4, -0.2) is 58.4 Å². The summed E-state index contributed by atoms with van der Waals surface area (Å²) in [6.07, 6.45) is 9.04. The van der Waals surface area contributed by atoms with Gasteiger partial charge in [-0.3, -0.25) is 0 Å². The van der Waals surface area contributed by atoms with Crippen molar-refractivity contribution >= 4 is 16.6 Å². The van der Waals surface area contributed by atoms with Crippen LogP contribution in [-0.2, 0) is 4.74 Å². The summed E-state index contributed by atoms with van der Waals surface area (Å²) < 4.78 is 17.4. The Kier molecular flexibility index (Phi) is 5.56. The summed E-state index contributed by atoms with van der Waals surface area (Å²) >= 11 is 0. The minimum absolute atomic E-state index is 0.0985. The molecule has 156 valence electrons. The van der Waals surface area contributed by atoms with E-state index in [9.17, 15) is 0 Å². The Balaban J connectivity index is 1.21. The molecule has 3 heterocycles. The molecule has 1 aromatic carbocycles. The second kappa shape index (κ2) is 8.79. The highest BCUT2D eigenvalue weighted by Gasteiger charge is 2.25. The zero-order valence-electron chi connectivity index (χ0n) is 16.8. The maximum absolute atomic E-state index is 6.10. The van der Waals surface area contributed by atoms with Crippen LogP contribution in [0.4, 0.5) is 5.69 Å². The number of fused-ring (bicyclic) bond motifs is 1. The number of anilines is 1. The second-order valence-corrected chi connectivity index (χ2v) is 7.66. The van der Waals surface area contributed by atoms with Crippen molar-refractivity contribution in [2.24, 2.45) is 0 Å². The van der Waals surface area contributed by atoms with Crippen molar-refractivity contribution in [2.75, 3.05) is 31.2 Å². The van der Waals surface area contributed by atoms with E-state index < -0.39 is 0 Å². The maximum atomic E-state index is 6.10. The van der Waals surface area contributed by atoms with Crippen molar-refractivity contribution in [1.29, 1.82) is 0 Å². The van der Waals surface area contributed by atoms with Gasteiger partial charge in [0.15, 0.2) is 0 Å². The Bertz CT molecular complexity index is 973. The molecule has 0 unspecified atom stereocenters. The smallest absolute Gasteiger partial charge is 0.317 e. The van der Waals surface area contributed by atoms with Crippen molar-refractivity contribution in [3.8, 4) is 12.0 Å². The van der Waals surface area contributed by atoms with Gasteiger partial charge in [-0.15, -0.1) is 0 Å². The van der Waals surface area contributed by atoms with Crippen LogP contribution in [0, 0.1) is 0 Å². The SMILES string of the molecule is c1cnc(OC2CCC(Oc3ncc4ccc(N5CCOCC5)cc4n3)CC2)nc1. The molecule has 2 fully saturated rings. The van der Waals surface area contributed by atoms with Crippen molar-refractivity contribution in [1.82, 2.24) is 19.9 Å². The number of ether oxygens (including phenoxy) is 3. The molecule has 5 rings (SSSR count). The normalized spacial score (nSPS) is 22.1. The molecule has 0 radical (unpaired) electrons. The number of hydrogen-bond acceptors (Lipinski definition) is 8. The molecule has 0 bridgehead atoms. The molecule has 0 atom stereocenters. The lowest BCUT2D eigenvalue weighted by Crippen LogP contribution is -2.36. The number of nitrogens with zero attached hydrogens (tertiary/aromatic N) is 5. The minimum Gasteiger partial charge on any atom is -0.460 e. The van der Waals surface area contributed by atoms with E-state index >= 15 is 0 Å². The molecule has 1 saturated carbocycles. The number of morpholine rings is 1. The van der Waals surface area contributed by atoms with Gasteiger partial charge in [0.2, 0.25) is 0 Å². The fourth-order valence-electron chi connectivity index (χ4n) is 3.98. The third-order valence-corrected chi connectivity index (χ3v) is 5.63. The highest BCUT2D eigenvalue weighted by molar-refractivity contribution is 5.82. The van der Waals surface area contributed by atoms with E-state index in [1.54, 1.807) is 18.5 Å². The molecule has 3 aromatic rings. The van der Waals surface area contributed by atoms with Crippen LogP contribution in [0.1, 0.15) is 25.7 Å². The molecule has 0 spiro atoms. The average molecular weight is 407 g/mol. The summed E-state index contributed by atoms with van der Waals surface area (Å²) in [4.78, 5) is 19.7. The van der Waals surface area contributed by atoms with E-state index in [1.165, 1.54) is 0 Å². The largest absolute Gasteiger partial charge is 0.460 e. The topological polar surface area (TPSA) is 82.5 Å². The van der Waals surface area contributed by atoms with Crippen molar-refractivity contribution < 1.29 is 14.2 Å². The van der Waals surface area contributed by atoms with E-state index in [0.717, 1.165) is 68.6 Å². The van der Waals surface area contributed by atoms with Crippen LogP contribution in [0.25, 0.3) is 10.9 Å². The number of hydrogen-bond donors (Lipinski definition) is 0. The quantitative estimate of drug-likeness (QED) is 0.638. The minimum atomic E-state index is 0.0985. The fourth-order valence-corrected chi connectivity index (χ4v) is 3.98. The van der Waals surface area contributed by atoms with Crippen LogP contribution >= 0.6 is 0 Å². The Morgan fingerprint density at radius 3 is 2.30 bits per heavy atom. The van der Waals surface area contributed by atoms with Gasteiger partial charge >= 0.3 is 12.0 Å². The standard InChI is InChI=1S/C22H25N5O3/c1-8-23-21(24-9-1)29-18-4-6-19(7-5-18)30-22-25-15-16-2-3-17(14-20(16)26-22)27-10-12-28-13-11-27/h1-3,8-9,14-15,18-19H,4-7,10-13H2. The van der Waals surface area contributed by atoms with Crippen LogP contribution in [0.15, 0.2) is 42.9 Å². The Hall–Kier alpha value is -3.00. The highest BCUT2D eigenvalue weighted by Crippen LogP contribution is 2.26. The van der Waals surface area contributed by atoms with E-state index in [-0.39, 0.29) is 12.2 Å². The third kappa shape index (κ3) is 4.43. The summed E-state index contributed by atoms with van der Waals surface area (Å²) in [6.45, 7) is 3.33. The first-order valence-electron chi connectivity index (χ1n) is 10.5. The zero-order chi connectivity index (χ0) is 20.2. The first kappa shape index (κ1) is 19.0. The van der Waals surface area contributed by atoms with Gasteiger partial charge in [-0.05, 0) is 49.9 Å². The molecule has 30 heavy (non-hydrogen) atoms. The highest BCUT2D eigenvalue weighted by atomic mass is 16.5. The van der Waals surface area contributed by atoms with Crippen molar-refractivity contribution in [3.63, 3.8) is 0 Å². The van der Waals surface area contributed by atoms with Gasteiger partial charge in [0.1, 0.15) is 12.2 Å². The van der Waals surface area contributed by atoms with E-state index in [2.05, 4.69) is 43.0 Å². The van der Waals surface area contributed by atoms with Crippen LogP contribution < -0.4 is 14.4 Å². The number of aromatic nitrogens is 4. The maximum Gasteiger partial charge on any atom is 0.317 e. The predicted molar refractivity (Wildman–Crippen MR) is 112 cm³/mol. The summed E-state index contributed by atoms with van der Waals surface area (Å²) in [7, 11) is 0. The Morgan fingerprint density at radius 2 is 1.57 bits per heavy atom. The second-order valence-electron chi connectivity index (χ2n) is 7.66. The lowest BCUT2D eigenvalue weighted by molar-refractivity contribution is 0.0700. The first-order valence-corrected chi connectivity index (χ1v) is 10.5. The van der Waals surface area contributed by atoms with Gasteiger partial charge in [0, 0.05) is 42.8 Å². The molecule has 1 saturated heterocycles. The molecule has 8 nitrogen and oxygen atoms in total. The van der Waals surface area contributed by atoms with Gasteiger partial charge in [-0.2, -0.15) is 4.98 Å². The molecule has 0 N–H and O–H groups in total. The van der Waals surface area contributed by atoms with Crippen LogP contribution in [0.2, 0.25) is 0 Å². The van der Waals surface area contributed by atoms with Gasteiger partial charge in [-0.1, -0.05) is 0 Å². The fraction of sp³-hybridized carbons (Fsp3) is 0.455. The van der Waals surface area contributed by atoms with Gasteiger partial charge in [0.25, 0.3) is 0 Å². The molecular weight excluding hydrogens is 382 g/mol. The van der Waals surface area contributed by atoms with E-state index in [1.807, 2.05) is 6.20 Å². The van der Waals surface area contributed by atoms with Gasteiger partial charge in [-0.25, -0.2) is 15.0 Å². The zero-order valence-corrected chi connectivity index (χ0v) is 16.8. The molecule has 2 aromatic heterocycles. The number of benzene rings is 1. The summed E-state index contributed by atoms with van der Waals surface area (Å²) in [5, 5.41) is 1.01. The summed E-state index contributed by atoms with van der Waals surface area (Å²) in [5.74, 6) is 0. The monoisotopic (exact) mass is 407 g/mol. The Labute approximate surface area is 175 Å². The average Bonchev–Trinajstić information content (AvgIpc) is 2.81. The summed E-state index contributed by atoms with van der Waals surface area (Å²) in [6, 6.07) is 8.96. The van der Waals surface area contributed by atoms with E-state index in [4.69, 9.17) is 14.2 Å². The molecule has 1 aliphatic heterocycles. The van der Waals surface area contributed by atoms with Crippen molar-refractivity contribution in [3.05, 3.63) is 42.9 Å². The van der Waals surface area contributed by atoms with Gasteiger partial charge < -0.3 is 19.1 Å². The predicted octanol–water partition coefficient (Wildman–Crippen LogP) is 3.03. The summed E-state index contributed by atoms with van der Waals surface area (Å²) in [5.41, 5.74) is 2.07. The van der Waals surface area contributed by atoms with Crippen molar-refractivity contribution in [2.45, 2.75) is 37.9 Å². The van der Waals surface area contributed by atoms with Crippen LogP contribution in [0.5, 0.6) is 12.0 Å². The van der Waals surface area contributed by atoms with E-state index in [0.29, 0.717) is 12.0 Å². The first-order chi connectivity index (χ1) is 14.8. The van der Waals surface area contributed by atoms with Gasteiger partial charge in [0.05, 0.1) is 18.7 Å². The lowest BCUT2D eigenvalue weighted by Gasteiger charge is -2.29. The molecule has 1 aliphatic carbocycles. The third-order valence-electron chi connectivity index (χ3n) is 5.63. The molecule has 2 aliphatic rings. The van der Waals surface area contributed by atoms with Crippen LogP contribution in [0.3, 0.4) is 0 Å². The number of rotatable bonds is 5. The Morgan fingerprint density at radius 1 is 0.867 bits per heavy atom. The molecular formula is C22H25N5O3.